The van der Waals surface area contributed by atoms with Gasteiger partial charge in [-0.3, -0.25) is 4.90 Å². The normalized spacial score (nSPS) is 16.3. The van der Waals surface area contributed by atoms with E-state index in [1.807, 2.05) is 6.20 Å². The Morgan fingerprint density at radius 2 is 2.00 bits per heavy atom. The average molecular weight is 327 g/mol. The van der Waals surface area contributed by atoms with Crippen LogP contribution in [-0.2, 0) is 6.54 Å². The van der Waals surface area contributed by atoms with Crippen molar-refractivity contribution in [3.63, 3.8) is 0 Å². The van der Waals surface area contributed by atoms with Gasteiger partial charge in [0.15, 0.2) is 0 Å². The van der Waals surface area contributed by atoms with E-state index in [2.05, 4.69) is 53.1 Å². The van der Waals surface area contributed by atoms with Gasteiger partial charge in [-0.05, 0) is 63.5 Å². The van der Waals surface area contributed by atoms with Gasteiger partial charge in [-0.2, -0.15) is 0 Å². The molecule has 0 aromatic carbocycles. The molecule has 0 bridgehead atoms. The van der Waals surface area contributed by atoms with Crippen molar-refractivity contribution >= 4 is 18.2 Å². The maximum Gasteiger partial charge on any atom is 0.128 e. The molecule has 1 aliphatic rings. The Balaban J connectivity index is 0.00000242. The van der Waals surface area contributed by atoms with E-state index in [4.69, 9.17) is 0 Å². The van der Waals surface area contributed by atoms with Gasteiger partial charge in [-0.15, -0.1) is 12.4 Å². The van der Waals surface area contributed by atoms with Crippen LogP contribution in [0.25, 0.3) is 0 Å². The van der Waals surface area contributed by atoms with Crippen molar-refractivity contribution in [3.8, 4) is 0 Å². The van der Waals surface area contributed by atoms with E-state index < -0.39 is 0 Å². The summed E-state index contributed by atoms with van der Waals surface area (Å²) in [5.74, 6) is 1.92. The number of aromatic nitrogens is 1. The molecule has 0 radical (unpaired) electrons. The van der Waals surface area contributed by atoms with Crippen molar-refractivity contribution in [1.82, 2.24) is 15.2 Å². The van der Waals surface area contributed by atoms with Gasteiger partial charge in [0.05, 0.1) is 0 Å². The monoisotopic (exact) mass is 326 g/mol. The van der Waals surface area contributed by atoms with Gasteiger partial charge in [0.1, 0.15) is 5.82 Å². The Morgan fingerprint density at radius 3 is 2.55 bits per heavy atom. The molecule has 0 spiro atoms. The van der Waals surface area contributed by atoms with Crippen LogP contribution in [0.2, 0.25) is 0 Å². The van der Waals surface area contributed by atoms with Gasteiger partial charge < -0.3 is 10.2 Å². The van der Waals surface area contributed by atoms with Crippen molar-refractivity contribution in [1.29, 1.82) is 0 Å². The quantitative estimate of drug-likeness (QED) is 0.835. The molecule has 0 aliphatic carbocycles. The van der Waals surface area contributed by atoms with Gasteiger partial charge in [-0.1, -0.05) is 13.0 Å². The van der Waals surface area contributed by atoms with Crippen LogP contribution in [0.15, 0.2) is 18.3 Å². The molecule has 126 valence electrons. The highest BCUT2D eigenvalue weighted by Crippen LogP contribution is 2.19. The summed E-state index contributed by atoms with van der Waals surface area (Å²) >= 11 is 0. The van der Waals surface area contributed by atoms with E-state index in [9.17, 15) is 0 Å². The maximum atomic E-state index is 4.56. The minimum absolute atomic E-state index is 0. The summed E-state index contributed by atoms with van der Waals surface area (Å²) in [6.07, 6.45) is 4.67. The zero-order valence-corrected chi connectivity index (χ0v) is 15.0. The molecular formula is C17H31ClN4. The number of anilines is 1. The third kappa shape index (κ3) is 5.75. The average Bonchev–Trinajstić information content (AvgIpc) is 2.54. The molecule has 0 amide bonds. The zero-order chi connectivity index (χ0) is 15.1. The number of likely N-dealkylation sites (tertiary alicyclic amines) is 1. The summed E-state index contributed by atoms with van der Waals surface area (Å²) in [5.41, 5.74) is 1.33. The lowest BCUT2D eigenvalue weighted by atomic mass is 9.96. The molecule has 1 saturated heterocycles. The lowest BCUT2D eigenvalue weighted by Gasteiger charge is -2.32. The third-order valence-corrected chi connectivity index (χ3v) is 4.47. The van der Waals surface area contributed by atoms with Crippen molar-refractivity contribution in [2.45, 2.75) is 33.2 Å². The lowest BCUT2D eigenvalue weighted by Crippen LogP contribution is -2.36. The Hall–Kier alpha value is -0.840. The topological polar surface area (TPSA) is 31.4 Å². The second-order valence-electron chi connectivity index (χ2n) is 6.07. The van der Waals surface area contributed by atoms with Gasteiger partial charge in [0.2, 0.25) is 0 Å². The number of nitrogens with one attached hydrogen (secondary N) is 1. The van der Waals surface area contributed by atoms with E-state index in [1.54, 1.807) is 0 Å². The van der Waals surface area contributed by atoms with Crippen LogP contribution in [-0.4, -0.2) is 49.7 Å². The van der Waals surface area contributed by atoms with Crippen LogP contribution >= 0.6 is 12.4 Å². The van der Waals surface area contributed by atoms with Crippen LogP contribution in [0, 0.1) is 5.92 Å². The highest BCUT2D eigenvalue weighted by molar-refractivity contribution is 5.85. The predicted octanol–water partition coefficient (Wildman–Crippen LogP) is 2.78. The maximum absolute atomic E-state index is 4.56. The standard InChI is InChI=1S/C17H30N4.ClH/c1-4-18-12-15-8-10-21(11-9-15)14-16-6-7-17(19-13-16)20(3)5-2;/h6-7,13,15,18H,4-5,8-12,14H2,1-3H3;1H. The van der Waals surface area contributed by atoms with E-state index in [0.717, 1.165) is 31.4 Å². The first-order valence-electron chi connectivity index (χ1n) is 8.32. The molecule has 0 atom stereocenters. The SMILES string of the molecule is CCNCC1CCN(Cc2ccc(N(C)CC)nc2)CC1.Cl. The number of hydrogen-bond donors (Lipinski definition) is 1. The Morgan fingerprint density at radius 1 is 1.27 bits per heavy atom. The minimum atomic E-state index is 0. The van der Waals surface area contributed by atoms with E-state index in [1.165, 1.54) is 38.0 Å². The Kier molecular flexibility index (Phi) is 8.76. The largest absolute Gasteiger partial charge is 0.360 e. The van der Waals surface area contributed by atoms with Crippen molar-refractivity contribution in [2.24, 2.45) is 5.92 Å². The first-order valence-corrected chi connectivity index (χ1v) is 8.32. The molecule has 0 unspecified atom stereocenters. The zero-order valence-electron chi connectivity index (χ0n) is 14.2. The molecule has 22 heavy (non-hydrogen) atoms. The minimum Gasteiger partial charge on any atom is -0.360 e. The number of hydrogen-bond acceptors (Lipinski definition) is 4. The fourth-order valence-corrected chi connectivity index (χ4v) is 2.85. The molecular weight excluding hydrogens is 296 g/mol. The van der Waals surface area contributed by atoms with Crippen LogP contribution in [0.3, 0.4) is 0 Å². The van der Waals surface area contributed by atoms with Gasteiger partial charge in [0, 0.05) is 26.3 Å². The van der Waals surface area contributed by atoms with Gasteiger partial charge >= 0.3 is 0 Å². The predicted molar refractivity (Wildman–Crippen MR) is 97.0 cm³/mol. The van der Waals surface area contributed by atoms with Crippen molar-refractivity contribution in [3.05, 3.63) is 23.9 Å². The highest BCUT2D eigenvalue weighted by Gasteiger charge is 2.18. The van der Waals surface area contributed by atoms with Gasteiger partial charge in [-0.25, -0.2) is 4.98 Å². The molecule has 1 fully saturated rings. The summed E-state index contributed by atoms with van der Waals surface area (Å²) in [6.45, 7) is 11.1. The molecule has 0 saturated carbocycles. The molecule has 2 heterocycles. The molecule has 1 N–H and O–H groups in total. The fraction of sp³-hybridized carbons (Fsp3) is 0.706. The summed E-state index contributed by atoms with van der Waals surface area (Å²) in [7, 11) is 2.08. The Labute approximate surface area is 141 Å². The second kappa shape index (κ2) is 10.0. The molecule has 1 aromatic heterocycles. The van der Waals surface area contributed by atoms with Crippen molar-refractivity contribution in [2.75, 3.05) is 44.7 Å². The number of nitrogens with zero attached hydrogens (tertiary/aromatic N) is 3. The number of halogens is 1. The Bertz CT molecular complexity index is 402. The van der Waals surface area contributed by atoms with Crippen LogP contribution in [0.4, 0.5) is 5.82 Å². The van der Waals surface area contributed by atoms with Crippen LogP contribution in [0.5, 0.6) is 0 Å². The lowest BCUT2D eigenvalue weighted by molar-refractivity contribution is 0.175. The molecule has 1 aromatic rings. The summed E-state index contributed by atoms with van der Waals surface area (Å²) in [5, 5.41) is 3.47. The molecule has 4 nitrogen and oxygen atoms in total. The number of pyridine rings is 1. The van der Waals surface area contributed by atoms with Crippen LogP contribution < -0.4 is 10.2 Å². The first kappa shape index (κ1) is 19.2. The first-order chi connectivity index (χ1) is 10.2. The summed E-state index contributed by atoms with van der Waals surface area (Å²) < 4.78 is 0. The highest BCUT2D eigenvalue weighted by atomic mass is 35.5. The third-order valence-electron chi connectivity index (χ3n) is 4.47. The summed E-state index contributed by atoms with van der Waals surface area (Å²) in [6, 6.07) is 4.36. The molecule has 5 heteroatoms. The second-order valence-corrected chi connectivity index (χ2v) is 6.07. The van der Waals surface area contributed by atoms with E-state index in [-0.39, 0.29) is 12.4 Å². The fourth-order valence-electron chi connectivity index (χ4n) is 2.85. The van der Waals surface area contributed by atoms with Gasteiger partial charge in [0.25, 0.3) is 0 Å². The van der Waals surface area contributed by atoms with Crippen molar-refractivity contribution < 1.29 is 0 Å². The van der Waals surface area contributed by atoms with Crippen LogP contribution in [0.1, 0.15) is 32.3 Å². The smallest absolute Gasteiger partial charge is 0.128 e. The molecule has 1 aliphatic heterocycles. The van der Waals surface area contributed by atoms with E-state index >= 15 is 0 Å². The number of rotatable bonds is 7. The summed E-state index contributed by atoms with van der Waals surface area (Å²) in [4.78, 5) is 9.28. The molecule has 2 rings (SSSR count). The van der Waals surface area contributed by atoms with E-state index in [0.29, 0.717) is 0 Å². The number of piperidine rings is 1.